The molecule has 0 fully saturated rings. The molecule has 6 heteroatoms. The molecule has 1 aliphatic carbocycles. The standard InChI is InChI=1S/C21H19N3O3/c1-13-18(14-7-4-3-5-8-14)19(13)21(25)22-12-17-23-20(24-27-17)15-9-6-10-16(11-15)26-2/h3-11,19H,12H2,1-2H3,(H,22,25). The van der Waals surface area contributed by atoms with E-state index in [1.807, 2.05) is 61.5 Å². The average molecular weight is 361 g/mol. The molecule has 0 spiro atoms. The van der Waals surface area contributed by atoms with Gasteiger partial charge < -0.3 is 14.6 Å². The van der Waals surface area contributed by atoms with E-state index in [-0.39, 0.29) is 18.4 Å². The summed E-state index contributed by atoms with van der Waals surface area (Å²) in [5.74, 6) is 1.32. The predicted octanol–water partition coefficient (Wildman–Crippen LogP) is 3.46. The Kier molecular flexibility index (Phi) is 4.46. The second kappa shape index (κ2) is 7.07. The highest BCUT2D eigenvalue weighted by molar-refractivity contribution is 6.05. The summed E-state index contributed by atoms with van der Waals surface area (Å²) in [6.45, 7) is 2.18. The van der Waals surface area contributed by atoms with Crippen molar-refractivity contribution in [2.45, 2.75) is 13.5 Å². The van der Waals surface area contributed by atoms with Crippen LogP contribution in [0, 0.1) is 5.92 Å². The lowest BCUT2D eigenvalue weighted by molar-refractivity contribution is -0.121. The van der Waals surface area contributed by atoms with Crippen molar-refractivity contribution in [3.8, 4) is 17.1 Å². The number of carbonyl (C=O) groups excluding carboxylic acids is 1. The first kappa shape index (κ1) is 17.0. The topological polar surface area (TPSA) is 77.3 Å². The minimum Gasteiger partial charge on any atom is -0.497 e. The van der Waals surface area contributed by atoms with Gasteiger partial charge in [0.15, 0.2) is 0 Å². The molecule has 0 radical (unpaired) electrons. The molecular formula is C21H19N3O3. The molecule has 136 valence electrons. The number of methoxy groups -OCH3 is 1. The Morgan fingerprint density at radius 2 is 1.93 bits per heavy atom. The molecule has 1 aliphatic rings. The van der Waals surface area contributed by atoms with Crippen molar-refractivity contribution in [3.05, 3.63) is 71.6 Å². The van der Waals surface area contributed by atoms with E-state index in [1.165, 1.54) is 0 Å². The number of carbonyl (C=O) groups is 1. The zero-order valence-electron chi connectivity index (χ0n) is 15.1. The van der Waals surface area contributed by atoms with Gasteiger partial charge in [-0.2, -0.15) is 4.98 Å². The SMILES string of the molecule is COc1cccc(-c2noc(CNC(=O)C3C(C)=C3c3ccccc3)n2)c1. The van der Waals surface area contributed by atoms with Crippen LogP contribution in [0.25, 0.3) is 17.0 Å². The third kappa shape index (κ3) is 3.46. The summed E-state index contributed by atoms with van der Waals surface area (Å²) in [4.78, 5) is 16.8. The van der Waals surface area contributed by atoms with Gasteiger partial charge in [-0.1, -0.05) is 53.2 Å². The minimum absolute atomic E-state index is 0.0486. The lowest BCUT2D eigenvalue weighted by atomic mass is 10.1. The van der Waals surface area contributed by atoms with E-state index in [0.29, 0.717) is 11.7 Å². The molecule has 0 bridgehead atoms. The fraction of sp³-hybridized carbons (Fsp3) is 0.190. The van der Waals surface area contributed by atoms with Gasteiger partial charge in [0.2, 0.25) is 17.6 Å². The van der Waals surface area contributed by atoms with Crippen LogP contribution in [-0.4, -0.2) is 23.2 Å². The van der Waals surface area contributed by atoms with Crippen molar-refractivity contribution in [2.24, 2.45) is 5.92 Å². The first-order chi connectivity index (χ1) is 13.2. The molecule has 2 aromatic carbocycles. The Labute approximate surface area is 156 Å². The highest BCUT2D eigenvalue weighted by atomic mass is 16.5. The summed E-state index contributed by atoms with van der Waals surface area (Å²) < 4.78 is 10.5. The number of nitrogens with one attached hydrogen (secondary N) is 1. The van der Waals surface area contributed by atoms with Gasteiger partial charge in [-0.3, -0.25) is 4.79 Å². The summed E-state index contributed by atoms with van der Waals surface area (Å²) in [6.07, 6.45) is 0. The van der Waals surface area contributed by atoms with Crippen molar-refractivity contribution >= 4 is 11.5 Å². The van der Waals surface area contributed by atoms with Gasteiger partial charge in [0, 0.05) is 5.56 Å². The largest absolute Gasteiger partial charge is 0.497 e. The maximum Gasteiger partial charge on any atom is 0.246 e. The van der Waals surface area contributed by atoms with E-state index in [1.54, 1.807) is 7.11 Å². The molecular weight excluding hydrogens is 342 g/mol. The molecule has 27 heavy (non-hydrogen) atoms. The Hall–Kier alpha value is -3.41. The van der Waals surface area contributed by atoms with E-state index < -0.39 is 0 Å². The third-order valence-electron chi connectivity index (χ3n) is 4.62. The predicted molar refractivity (Wildman–Crippen MR) is 101 cm³/mol. The third-order valence-corrected chi connectivity index (χ3v) is 4.62. The van der Waals surface area contributed by atoms with Gasteiger partial charge in [0.25, 0.3) is 0 Å². The molecule has 1 unspecified atom stereocenters. The van der Waals surface area contributed by atoms with Crippen LogP contribution in [0.4, 0.5) is 0 Å². The summed E-state index contributed by atoms with van der Waals surface area (Å²) in [7, 11) is 1.61. The van der Waals surface area contributed by atoms with Crippen LogP contribution in [-0.2, 0) is 11.3 Å². The molecule has 6 nitrogen and oxygen atoms in total. The number of nitrogens with zero attached hydrogens (tertiary/aromatic N) is 2. The highest BCUT2D eigenvalue weighted by Crippen LogP contribution is 2.46. The fourth-order valence-corrected chi connectivity index (χ4v) is 3.14. The number of rotatable bonds is 6. The van der Waals surface area contributed by atoms with Gasteiger partial charge >= 0.3 is 0 Å². The van der Waals surface area contributed by atoms with Crippen molar-refractivity contribution in [2.75, 3.05) is 7.11 Å². The summed E-state index contributed by atoms with van der Waals surface area (Å²) in [6, 6.07) is 17.4. The minimum atomic E-state index is -0.173. The fourth-order valence-electron chi connectivity index (χ4n) is 3.14. The number of aromatic nitrogens is 2. The molecule has 4 rings (SSSR count). The van der Waals surface area contributed by atoms with Crippen molar-refractivity contribution in [3.63, 3.8) is 0 Å². The molecule has 0 saturated carbocycles. The monoisotopic (exact) mass is 361 g/mol. The van der Waals surface area contributed by atoms with Crippen LogP contribution in [0.2, 0.25) is 0 Å². The normalized spacial score (nSPS) is 15.6. The number of amides is 1. The molecule has 0 aliphatic heterocycles. The molecule has 1 amide bonds. The smallest absolute Gasteiger partial charge is 0.246 e. The maximum atomic E-state index is 12.5. The number of hydrogen-bond donors (Lipinski definition) is 1. The van der Waals surface area contributed by atoms with Crippen LogP contribution in [0.1, 0.15) is 18.4 Å². The van der Waals surface area contributed by atoms with Gasteiger partial charge in [0.1, 0.15) is 5.75 Å². The first-order valence-electron chi connectivity index (χ1n) is 8.68. The Morgan fingerprint density at radius 1 is 1.15 bits per heavy atom. The molecule has 1 heterocycles. The van der Waals surface area contributed by atoms with Crippen LogP contribution >= 0.6 is 0 Å². The van der Waals surface area contributed by atoms with Crippen molar-refractivity contribution < 1.29 is 14.1 Å². The zero-order valence-corrected chi connectivity index (χ0v) is 15.1. The Balaban J connectivity index is 1.37. The number of benzene rings is 2. The van der Waals surface area contributed by atoms with E-state index in [9.17, 15) is 4.79 Å². The van der Waals surface area contributed by atoms with Gasteiger partial charge in [-0.15, -0.1) is 0 Å². The molecule has 0 saturated heterocycles. The molecule has 1 N–H and O–H groups in total. The van der Waals surface area contributed by atoms with Gasteiger partial charge in [-0.25, -0.2) is 0 Å². The van der Waals surface area contributed by atoms with Crippen molar-refractivity contribution in [1.82, 2.24) is 15.5 Å². The second-order valence-electron chi connectivity index (χ2n) is 6.36. The van der Waals surface area contributed by atoms with Crippen LogP contribution in [0.15, 0.2) is 64.7 Å². The zero-order chi connectivity index (χ0) is 18.8. The van der Waals surface area contributed by atoms with E-state index in [0.717, 1.165) is 28.0 Å². The van der Waals surface area contributed by atoms with E-state index in [2.05, 4.69) is 15.5 Å². The van der Waals surface area contributed by atoms with Crippen LogP contribution < -0.4 is 10.1 Å². The summed E-state index contributed by atoms with van der Waals surface area (Å²) in [5.41, 5.74) is 4.08. The van der Waals surface area contributed by atoms with Crippen LogP contribution in [0.5, 0.6) is 5.75 Å². The molecule has 1 aromatic heterocycles. The molecule has 1 atom stereocenters. The number of hydrogen-bond acceptors (Lipinski definition) is 5. The van der Waals surface area contributed by atoms with Crippen LogP contribution in [0.3, 0.4) is 0 Å². The first-order valence-corrected chi connectivity index (χ1v) is 8.68. The summed E-state index contributed by atoms with van der Waals surface area (Å²) >= 11 is 0. The lowest BCUT2D eigenvalue weighted by Gasteiger charge is -2.03. The highest BCUT2D eigenvalue weighted by Gasteiger charge is 2.39. The second-order valence-corrected chi connectivity index (χ2v) is 6.36. The van der Waals surface area contributed by atoms with E-state index >= 15 is 0 Å². The quantitative estimate of drug-likeness (QED) is 0.727. The maximum absolute atomic E-state index is 12.5. The number of ether oxygens (including phenoxy) is 1. The Morgan fingerprint density at radius 3 is 2.70 bits per heavy atom. The molecule has 3 aromatic rings. The van der Waals surface area contributed by atoms with Gasteiger partial charge in [0.05, 0.1) is 19.6 Å². The average Bonchev–Trinajstić information content (AvgIpc) is 3.16. The Bertz CT molecular complexity index is 1010. The lowest BCUT2D eigenvalue weighted by Crippen LogP contribution is -2.26. The summed E-state index contributed by atoms with van der Waals surface area (Å²) in [5, 5.41) is 6.85. The van der Waals surface area contributed by atoms with Crippen molar-refractivity contribution in [1.29, 1.82) is 0 Å². The van der Waals surface area contributed by atoms with Gasteiger partial charge in [-0.05, 0) is 30.2 Å². The van der Waals surface area contributed by atoms with E-state index in [4.69, 9.17) is 9.26 Å².